The molecule has 1 rings (SSSR count). The molecule has 0 saturated carbocycles. The average molecular weight is 222 g/mol. The highest BCUT2D eigenvalue weighted by molar-refractivity contribution is 5.43. The first-order valence-corrected chi connectivity index (χ1v) is 6.03. The smallest absolute Gasteiger partial charge is 0.128 e. The normalized spacial score (nSPS) is 12.6. The maximum Gasteiger partial charge on any atom is 0.128 e. The van der Waals surface area contributed by atoms with E-state index in [9.17, 15) is 5.11 Å². The molecule has 0 spiro atoms. The fourth-order valence-corrected chi connectivity index (χ4v) is 1.84. The Labute approximate surface area is 98.1 Å². The van der Waals surface area contributed by atoms with Gasteiger partial charge in [-0.1, -0.05) is 6.92 Å². The topological polar surface area (TPSA) is 36.4 Å². The molecule has 3 heteroatoms. The van der Waals surface area contributed by atoms with Crippen molar-refractivity contribution < 1.29 is 5.11 Å². The number of rotatable bonds is 5. The Hall–Kier alpha value is -1.09. The van der Waals surface area contributed by atoms with E-state index in [1.165, 1.54) is 0 Å². The minimum atomic E-state index is -0.391. The van der Waals surface area contributed by atoms with Crippen LogP contribution in [0.5, 0.6) is 0 Å². The standard InChI is InChI=1S/C13H22N2O/c1-5-12(16)11-9-14-13(8-10(11)4)15(6-2)7-3/h8-9,12,16H,5-7H2,1-4H3/t12-/m1/s1. The number of anilines is 1. The molecule has 1 aromatic rings. The van der Waals surface area contributed by atoms with Crippen LogP contribution in [-0.4, -0.2) is 23.2 Å². The lowest BCUT2D eigenvalue weighted by Crippen LogP contribution is -2.23. The van der Waals surface area contributed by atoms with E-state index in [1.54, 1.807) is 6.20 Å². The van der Waals surface area contributed by atoms with Gasteiger partial charge in [-0.05, 0) is 38.8 Å². The summed E-state index contributed by atoms with van der Waals surface area (Å²) in [4.78, 5) is 6.62. The number of nitrogens with zero attached hydrogens (tertiary/aromatic N) is 2. The van der Waals surface area contributed by atoms with Crippen molar-refractivity contribution in [1.29, 1.82) is 0 Å². The Kier molecular flexibility index (Phi) is 4.74. The second kappa shape index (κ2) is 5.85. The van der Waals surface area contributed by atoms with Crippen molar-refractivity contribution in [3.8, 4) is 0 Å². The molecule has 1 atom stereocenters. The Morgan fingerprint density at radius 1 is 1.31 bits per heavy atom. The van der Waals surface area contributed by atoms with Gasteiger partial charge in [-0.2, -0.15) is 0 Å². The summed E-state index contributed by atoms with van der Waals surface area (Å²) < 4.78 is 0. The van der Waals surface area contributed by atoms with Crippen molar-refractivity contribution in [2.24, 2.45) is 0 Å². The maximum atomic E-state index is 9.80. The summed E-state index contributed by atoms with van der Waals surface area (Å²) in [5.74, 6) is 0.995. The minimum absolute atomic E-state index is 0.391. The summed E-state index contributed by atoms with van der Waals surface area (Å²) in [5.41, 5.74) is 2.06. The molecule has 0 radical (unpaired) electrons. The van der Waals surface area contributed by atoms with Crippen LogP contribution in [0.25, 0.3) is 0 Å². The Morgan fingerprint density at radius 2 is 1.94 bits per heavy atom. The molecule has 0 aliphatic carbocycles. The molecular weight excluding hydrogens is 200 g/mol. The van der Waals surface area contributed by atoms with E-state index in [-0.39, 0.29) is 0 Å². The zero-order valence-electron chi connectivity index (χ0n) is 10.7. The van der Waals surface area contributed by atoms with Gasteiger partial charge in [0.25, 0.3) is 0 Å². The summed E-state index contributed by atoms with van der Waals surface area (Å²) in [6.07, 6.45) is 2.14. The van der Waals surface area contributed by atoms with E-state index in [4.69, 9.17) is 0 Å². The number of aliphatic hydroxyl groups is 1. The second-order valence-electron chi connectivity index (χ2n) is 4.00. The zero-order valence-corrected chi connectivity index (χ0v) is 10.7. The molecule has 3 nitrogen and oxygen atoms in total. The van der Waals surface area contributed by atoms with Gasteiger partial charge < -0.3 is 10.0 Å². The van der Waals surface area contributed by atoms with Gasteiger partial charge in [-0.25, -0.2) is 4.98 Å². The van der Waals surface area contributed by atoms with Crippen molar-refractivity contribution in [1.82, 2.24) is 4.98 Å². The van der Waals surface area contributed by atoms with E-state index in [2.05, 4.69) is 29.8 Å². The van der Waals surface area contributed by atoms with Gasteiger partial charge in [-0.15, -0.1) is 0 Å². The van der Waals surface area contributed by atoms with Gasteiger partial charge in [-0.3, -0.25) is 0 Å². The molecule has 0 bridgehead atoms. The van der Waals surface area contributed by atoms with Crippen LogP contribution < -0.4 is 4.90 Å². The lowest BCUT2D eigenvalue weighted by molar-refractivity contribution is 0.172. The van der Waals surface area contributed by atoms with Crippen LogP contribution in [0.15, 0.2) is 12.3 Å². The molecule has 1 N–H and O–H groups in total. The number of pyridine rings is 1. The SMILES string of the molecule is CC[C@@H](O)c1cnc(N(CC)CC)cc1C. The minimum Gasteiger partial charge on any atom is -0.388 e. The average Bonchev–Trinajstić information content (AvgIpc) is 2.30. The summed E-state index contributed by atoms with van der Waals surface area (Å²) in [6.45, 7) is 10.2. The molecule has 0 amide bonds. The molecule has 0 fully saturated rings. The molecule has 1 aromatic heterocycles. The van der Waals surface area contributed by atoms with Crippen LogP contribution in [0.4, 0.5) is 5.82 Å². The van der Waals surface area contributed by atoms with E-state index in [1.807, 2.05) is 13.8 Å². The van der Waals surface area contributed by atoms with Crippen LogP contribution >= 0.6 is 0 Å². The Balaban J connectivity index is 2.98. The van der Waals surface area contributed by atoms with Crippen LogP contribution in [0.3, 0.4) is 0 Å². The largest absolute Gasteiger partial charge is 0.388 e. The third kappa shape index (κ3) is 2.73. The number of hydrogen-bond donors (Lipinski definition) is 1. The summed E-state index contributed by atoms with van der Waals surface area (Å²) in [7, 11) is 0. The number of aromatic nitrogens is 1. The fourth-order valence-electron chi connectivity index (χ4n) is 1.84. The van der Waals surface area contributed by atoms with Crippen molar-refractivity contribution in [3.63, 3.8) is 0 Å². The molecule has 0 aliphatic heterocycles. The molecule has 90 valence electrons. The lowest BCUT2D eigenvalue weighted by Gasteiger charge is -2.21. The first-order chi connectivity index (χ1) is 7.63. The Bertz CT molecular complexity index is 335. The van der Waals surface area contributed by atoms with Gasteiger partial charge in [0.05, 0.1) is 6.10 Å². The van der Waals surface area contributed by atoms with Crippen LogP contribution in [0.1, 0.15) is 44.4 Å². The van der Waals surface area contributed by atoms with E-state index >= 15 is 0 Å². The van der Waals surface area contributed by atoms with Crippen molar-refractivity contribution >= 4 is 5.82 Å². The van der Waals surface area contributed by atoms with Gasteiger partial charge in [0, 0.05) is 24.8 Å². The molecule has 0 saturated heterocycles. The van der Waals surface area contributed by atoms with E-state index in [0.717, 1.165) is 36.5 Å². The summed E-state index contributed by atoms with van der Waals surface area (Å²) in [6, 6.07) is 2.06. The van der Waals surface area contributed by atoms with Gasteiger partial charge >= 0.3 is 0 Å². The molecule has 0 aromatic carbocycles. The van der Waals surface area contributed by atoms with Gasteiger partial charge in [0.15, 0.2) is 0 Å². The van der Waals surface area contributed by atoms with Crippen molar-refractivity contribution in [3.05, 3.63) is 23.4 Å². The highest BCUT2D eigenvalue weighted by Crippen LogP contribution is 2.22. The van der Waals surface area contributed by atoms with Crippen molar-refractivity contribution in [2.45, 2.75) is 40.2 Å². The molecule has 1 heterocycles. The van der Waals surface area contributed by atoms with Crippen LogP contribution in [0, 0.1) is 6.92 Å². The monoisotopic (exact) mass is 222 g/mol. The van der Waals surface area contributed by atoms with Gasteiger partial charge in [0.2, 0.25) is 0 Å². The third-order valence-electron chi connectivity index (χ3n) is 2.97. The summed E-state index contributed by atoms with van der Waals surface area (Å²) >= 11 is 0. The van der Waals surface area contributed by atoms with Gasteiger partial charge in [0.1, 0.15) is 5.82 Å². The van der Waals surface area contributed by atoms with E-state index in [0.29, 0.717) is 0 Å². The number of hydrogen-bond acceptors (Lipinski definition) is 3. The van der Waals surface area contributed by atoms with Crippen LogP contribution in [0.2, 0.25) is 0 Å². The highest BCUT2D eigenvalue weighted by atomic mass is 16.3. The predicted octanol–water partition coefficient (Wildman–Crippen LogP) is 2.68. The first-order valence-electron chi connectivity index (χ1n) is 6.03. The fraction of sp³-hybridized carbons (Fsp3) is 0.615. The first kappa shape index (κ1) is 13.0. The predicted molar refractivity (Wildman–Crippen MR) is 67.8 cm³/mol. The quantitative estimate of drug-likeness (QED) is 0.832. The molecule has 0 aliphatic rings. The van der Waals surface area contributed by atoms with Crippen LogP contribution in [-0.2, 0) is 0 Å². The number of aryl methyl sites for hydroxylation is 1. The zero-order chi connectivity index (χ0) is 12.1. The van der Waals surface area contributed by atoms with E-state index < -0.39 is 6.10 Å². The molecule has 0 unspecified atom stereocenters. The lowest BCUT2D eigenvalue weighted by atomic mass is 10.0. The number of aliphatic hydroxyl groups excluding tert-OH is 1. The van der Waals surface area contributed by atoms with Crippen molar-refractivity contribution in [2.75, 3.05) is 18.0 Å². The highest BCUT2D eigenvalue weighted by Gasteiger charge is 2.11. The Morgan fingerprint density at radius 3 is 2.38 bits per heavy atom. The maximum absolute atomic E-state index is 9.80. The third-order valence-corrected chi connectivity index (χ3v) is 2.97. The second-order valence-corrected chi connectivity index (χ2v) is 4.00. The molecular formula is C13H22N2O. The summed E-state index contributed by atoms with van der Waals surface area (Å²) in [5, 5.41) is 9.80. The molecule has 16 heavy (non-hydrogen) atoms.